The summed E-state index contributed by atoms with van der Waals surface area (Å²) in [6.45, 7) is 6.78. The SMILES string of the molecule is CCC(CC)(CC)NC(=O)NC1(C(=O)O)CCOCC1. The number of hydrogen-bond donors (Lipinski definition) is 3. The fraction of sp³-hybridized carbons (Fsp3) is 0.857. The normalized spacial score (nSPS) is 18.4. The van der Waals surface area contributed by atoms with Gasteiger partial charge in [0.2, 0.25) is 0 Å². The van der Waals surface area contributed by atoms with E-state index in [0.717, 1.165) is 19.3 Å². The zero-order chi connectivity index (χ0) is 15.2. The Labute approximate surface area is 120 Å². The molecule has 1 fully saturated rings. The number of urea groups is 1. The molecule has 2 amide bonds. The Kier molecular flexibility index (Phi) is 5.80. The molecule has 1 aliphatic heterocycles. The van der Waals surface area contributed by atoms with Gasteiger partial charge in [-0.25, -0.2) is 9.59 Å². The van der Waals surface area contributed by atoms with Crippen molar-refractivity contribution in [3.63, 3.8) is 0 Å². The molecule has 0 unspecified atom stereocenters. The summed E-state index contributed by atoms with van der Waals surface area (Å²) in [4.78, 5) is 23.7. The zero-order valence-electron chi connectivity index (χ0n) is 12.6. The van der Waals surface area contributed by atoms with Crippen LogP contribution in [0.1, 0.15) is 52.9 Å². The molecule has 116 valence electrons. The minimum Gasteiger partial charge on any atom is -0.480 e. The summed E-state index contributed by atoms with van der Waals surface area (Å²) in [7, 11) is 0. The predicted octanol–water partition coefficient (Wildman–Crippen LogP) is 1.89. The lowest BCUT2D eigenvalue weighted by Crippen LogP contribution is -2.62. The summed E-state index contributed by atoms with van der Waals surface area (Å²) in [5, 5.41) is 15.0. The summed E-state index contributed by atoms with van der Waals surface area (Å²) in [6, 6.07) is -0.403. The van der Waals surface area contributed by atoms with Crippen molar-refractivity contribution in [2.24, 2.45) is 0 Å². The molecule has 1 heterocycles. The van der Waals surface area contributed by atoms with Crippen LogP contribution in [0.4, 0.5) is 4.79 Å². The fourth-order valence-electron chi connectivity index (χ4n) is 2.62. The van der Waals surface area contributed by atoms with E-state index < -0.39 is 17.5 Å². The van der Waals surface area contributed by atoms with Crippen LogP contribution in [0, 0.1) is 0 Å². The lowest BCUT2D eigenvalue weighted by molar-refractivity contribution is -0.148. The molecule has 0 spiro atoms. The highest BCUT2D eigenvalue weighted by Gasteiger charge is 2.42. The number of ether oxygens (including phenoxy) is 1. The molecule has 0 aromatic carbocycles. The number of carboxylic acid groups (broad SMARTS) is 1. The number of rotatable bonds is 6. The minimum atomic E-state index is -1.21. The van der Waals surface area contributed by atoms with Crippen LogP contribution < -0.4 is 10.6 Å². The largest absolute Gasteiger partial charge is 0.480 e. The van der Waals surface area contributed by atoms with Gasteiger partial charge in [0.1, 0.15) is 5.54 Å². The van der Waals surface area contributed by atoms with Gasteiger partial charge in [0.15, 0.2) is 0 Å². The van der Waals surface area contributed by atoms with Gasteiger partial charge in [0, 0.05) is 31.6 Å². The van der Waals surface area contributed by atoms with E-state index in [-0.39, 0.29) is 5.54 Å². The Hall–Kier alpha value is -1.30. The molecule has 20 heavy (non-hydrogen) atoms. The standard InChI is InChI=1S/C14H26N2O4/c1-4-13(5-2,6-3)15-12(19)16-14(11(17)18)7-9-20-10-8-14/h4-10H2,1-3H3,(H,17,18)(H2,15,16,19). The monoisotopic (exact) mass is 286 g/mol. The summed E-state index contributed by atoms with van der Waals surface area (Å²) >= 11 is 0. The molecule has 0 aromatic rings. The van der Waals surface area contributed by atoms with Crippen molar-refractivity contribution in [3.8, 4) is 0 Å². The average molecular weight is 286 g/mol. The number of carbonyl (C=O) groups is 2. The van der Waals surface area contributed by atoms with Gasteiger partial charge < -0.3 is 20.5 Å². The third kappa shape index (κ3) is 3.62. The molecule has 3 N–H and O–H groups in total. The second-order valence-electron chi connectivity index (χ2n) is 5.42. The van der Waals surface area contributed by atoms with Crippen LogP contribution in [0.15, 0.2) is 0 Å². The molecule has 0 radical (unpaired) electrons. The lowest BCUT2D eigenvalue weighted by atomic mass is 9.89. The lowest BCUT2D eigenvalue weighted by Gasteiger charge is -2.37. The fourth-order valence-corrected chi connectivity index (χ4v) is 2.62. The number of carbonyl (C=O) groups excluding carboxylic acids is 1. The van der Waals surface area contributed by atoms with Gasteiger partial charge in [-0.05, 0) is 19.3 Å². The summed E-state index contributed by atoms with van der Waals surface area (Å²) in [5.74, 6) is -0.994. The molecule has 0 bridgehead atoms. The highest BCUT2D eigenvalue weighted by atomic mass is 16.5. The van der Waals surface area contributed by atoms with Gasteiger partial charge in [-0.15, -0.1) is 0 Å². The van der Waals surface area contributed by atoms with Gasteiger partial charge in [0.25, 0.3) is 0 Å². The van der Waals surface area contributed by atoms with E-state index in [4.69, 9.17) is 4.74 Å². The Morgan fingerprint density at radius 2 is 1.65 bits per heavy atom. The maximum absolute atomic E-state index is 12.2. The van der Waals surface area contributed by atoms with E-state index >= 15 is 0 Å². The first kappa shape index (κ1) is 16.8. The van der Waals surface area contributed by atoms with E-state index in [2.05, 4.69) is 10.6 Å². The quantitative estimate of drug-likeness (QED) is 0.696. The van der Waals surface area contributed by atoms with Crippen molar-refractivity contribution in [3.05, 3.63) is 0 Å². The van der Waals surface area contributed by atoms with Crippen LogP contribution in [0.3, 0.4) is 0 Å². The molecule has 0 aliphatic carbocycles. The molecule has 6 heteroatoms. The second kappa shape index (κ2) is 6.92. The summed E-state index contributed by atoms with van der Waals surface area (Å²) in [6.07, 6.45) is 3.05. The van der Waals surface area contributed by atoms with Gasteiger partial charge in [-0.3, -0.25) is 0 Å². The van der Waals surface area contributed by atoms with Crippen molar-refractivity contribution < 1.29 is 19.4 Å². The van der Waals surface area contributed by atoms with Crippen LogP contribution in [0.2, 0.25) is 0 Å². The molecule has 0 atom stereocenters. The topological polar surface area (TPSA) is 87.7 Å². The van der Waals surface area contributed by atoms with Crippen LogP contribution in [-0.2, 0) is 9.53 Å². The number of aliphatic carboxylic acids is 1. The van der Waals surface area contributed by atoms with Crippen LogP contribution in [0.25, 0.3) is 0 Å². The van der Waals surface area contributed by atoms with Crippen molar-refractivity contribution >= 4 is 12.0 Å². The Morgan fingerprint density at radius 3 is 2.05 bits per heavy atom. The second-order valence-corrected chi connectivity index (χ2v) is 5.42. The number of hydrogen-bond acceptors (Lipinski definition) is 3. The van der Waals surface area contributed by atoms with Gasteiger partial charge in [0.05, 0.1) is 0 Å². The van der Waals surface area contributed by atoms with Gasteiger partial charge in [-0.1, -0.05) is 20.8 Å². The third-order valence-electron chi connectivity index (χ3n) is 4.52. The van der Waals surface area contributed by atoms with E-state index in [9.17, 15) is 14.7 Å². The zero-order valence-corrected chi connectivity index (χ0v) is 12.6. The van der Waals surface area contributed by atoms with Crippen LogP contribution in [0.5, 0.6) is 0 Å². The maximum atomic E-state index is 12.2. The molecular weight excluding hydrogens is 260 g/mol. The van der Waals surface area contributed by atoms with E-state index in [1.54, 1.807) is 0 Å². The summed E-state index contributed by atoms with van der Waals surface area (Å²) < 4.78 is 5.19. The van der Waals surface area contributed by atoms with E-state index in [0.29, 0.717) is 26.1 Å². The maximum Gasteiger partial charge on any atom is 0.329 e. The Bertz CT molecular complexity index is 339. The Balaban J connectivity index is 2.74. The first-order chi connectivity index (χ1) is 9.43. The average Bonchev–Trinajstić information content (AvgIpc) is 2.45. The van der Waals surface area contributed by atoms with Crippen molar-refractivity contribution in [2.75, 3.05) is 13.2 Å². The molecule has 1 saturated heterocycles. The predicted molar refractivity (Wildman–Crippen MR) is 75.7 cm³/mol. The molecule has 0 aromatic heterocycles. The van der Waals surface area contributed by atoms with Crippen LogP contribution >= 0.6 is 0 Å². The molecule has 6 nitrogen and oxygen atoms in total. The first-order valence-electron chi connectivity index (χ1n) is 7.35. The third-order valence-corrected chi connectivity index (χ3v) is 4.52. The first-order valence-corrected chi connectivity index (χ1v) is 7.35. The molecule has 1 rings (SSSR count). The van der Waals surface area contributed by atoms with E-state index in [1.165, 1.54) is 0 Å². The van der Waals surface area contributed by atoms with Gasteiger partial charge >= 0.3 is 12.0 Å². The molecular formula is C14H26N2O4. The highest BCUT2D eigenvalue weighted by molar-refractivity contribution is 5.86. The smallest absolute Gasteiger partial charge is 0.329 e. The number of amides is 2. The van der Waals surface area contributed by atoms with E-state index in [1.807, 2.05) is 20.8 Å². The highest BCUT2D eigenvalue weighted by Crippen LogP contribution is 2.23. The van der Waals surface area contributed by atoms with Crippen molar-refractivity contribution in [1.29, 1.82) is 0 Å². The van der Waals surface area contributed by atoms with Crippen LogP contribution in [-0.4, -0.2) is 41.4 Å². The Morgan fingerprint density at radius 1 is 1.15 bits per heavy atom. The number of nitrogens with one attached hydrogen (secondary N) is 2. The van der Waals surface area contributed by atoms with Crippen molar-refractivity contribution in [2.45, 2.75) is 64.0 Å². The summed E-state index contributed by atoms with van der Waals surface area (Å²) in [5.41, 5.74) is -1.47. The molecule has 0 saturated carbocycles. The van der Waals surface area contributed by atoms with Crippen molar-refractivity contribution in [1.82, 2.24) is 10.6 Å². The minimum absolute atomic E-state index is 0.269. The molecule has 1 aliphatic rings. The number of carboxylic acids is 1. The van der Waals surface area contributed by atoms with Gasteiger partial charge in [-0.2, -0.15) is 0 Å².